The fraction of sp³-hybridized carbons (Fsp3) is 0.714. The second kappa shape index (κ2) is 5.23. The summed E-state index contributed by atoms with van der Waals surface area (Å²) >= 11 is 0. The number of aliphatic hydroxyl groups is 1. The van der Waals surface area contributed by atoms with Gasteiger partial charge in [-0.2, -0.15) is 0 Å². The number of hydrogen-bond acceptors (Lipinski definition) is 3. The molecule has 1 aromatic heterocycles. The van der Waals surface area contributed by atoms with E-state index in [1.165, 1.54) is 19.3 Å². The summed E-state index contributed by atoms with van der Waals surface area (Å²) in [6.07, 6.45) is 9.72. The number of nitrogens with zero attached hydrogens (tertiary/aromatic N) is 1. The number of rotatable bonds is 4. The molecule has 1 atom stereocenters. The monoisotopic (exact) mass is 237 g/mol. The summed E-state index contributed by atoms with van der Waals surface area (Å²) in [5.74, 6) is 0. The summed E-state index contributed by atoms with van der Waals surface area (Å²) in [6, 6.07) is 1.94. The van der Waals surface area contributed by atoms with E-state index in [1.807, 2.05) is 6.07 Å². The maximum atomic E-state index is 10.6. The summed E-state index contributed by atoms with van der Waals surface area (Å²) in [6.45, 7) is 0. The highest BCUT2D eigenvalue weighted by Gasteiger charge is 2.40. The van der Waals surface area contributed by atoms with E-state index in [1.54, 1.807) is 12.5 Å². The highest BCUT2D eigenvalue weighted by molar-refractivity contribution is 5.10. The third kappa shape index (κ3) is 2.55. The van der Waals surface area contributed by atoms with E-state index in [2.05, 4.69) is 19.0 Å². The molecule has 1 aliphatic carbocycles. The molecule has 1 aliphatic rings. The molecule has 1 unspecified atom stereocenters. The second-order valence-corrected chi connectivity index (χ2v) is 5.41. The van der Waals surface area contributed by atoms with Crippen molar-refractivity contribution in [3.8, 4) is 0 Å². The van der Waals surface area contributed by atoms with Gasteiger partial charge in [-0.05, 0) is 38.6 Å². The van der Waals surface area contributed by atoms with Crippen LogP contribution in [-0.2, 0) is 6.42 Å². The average Bonchev–Trinajstić information content (AvgIpc) is 2.82. The lowest BCUT2D eigenvalue weighted by atomic mass is 9.75. The van der Waals surface area contributed by atoms with Crippen LogP contribution >= 0.6 is 0 Å². The zero-order valence-corrected chi connectivity index (χ0v) is 10.9. The van der Waals surface area contributed by atoms with Crippen LogP contribution in [0.25, 0.3) is 0 Å². The quantitative estimate of drug-likeness (QED) is 0.874. The summed E-state index contributed by atoms with van der Waals surface area (Å²) in [4.78, 5) is 2.22. The zero-order valence-electron chi connectivity index (χ0n) is 10.9. The largest absolute Gasteiger partial charge is 0.472 e. The Kier molecular flexibility index (Phi) is 3.89. The fourth-order valence-electron chi connectivity index (χ4n) is 3.06. The predicted molar refractivity (Wildman–Crippen MR) is 67.9 cm³/mol. The van der Waals surface area contributed by atoms with Gasteiger partial charge >= 0.3 is 0 Å². The third-order valence-electron chi connectivity index (χ3n) is 4.24. The summed E-state index contributed by atoms with van der Waals surface area (Å²) in [7, 11) is 4.17. The first-order chi connectivity index (χ1) is 8.15. The first kappa shape index (κ1) is 12.7. The van der Waals surface area contributed by atoms with Gasteiger partial charge in [0.25, 0.3) is 0 Å². The van der Waals surface area contributed by atoms with Crippen molar-refractivity contribution in [2.75, 3.05) is 14.1 Å². The van der Waals surface area contributed by atoms with Crippen LogP contribution in [0.4, 0.5) is 0 Å². The SMILES string of the molecule is CN(C)C1(C(O)Cc2ccoc2)CCCCC1. The van der Waals surface area contributed by atoms with E-state index >= 15 is 0 Å². The minimum absolute atomic E-state index is 0.0461. The Morgan fingerprint density at radius 3 is 2.59 bits per heavy atom. The first-order valence-electron chi connectivity index (χ1n) is 6.52. The molecular formula is C14H23NO2. The molecule has 0 aliphatic heterocycles. The molecule has 0 saturated heterocycles. The van der Waals surface area contributed by atoms with Gasteiger partial charge in [0, 0.05) is 12.0 Å². The van der Waals surface area contributed by atoms with Gasteiger partial charge in [-0.15, -0.1) is 0 Å². The van der Waals surface area contributed by atoms with Crippen molar-refractivity contribution in [3.05, 3.63) is 24.2 Å². The van der Waals surface area contributed by atoms with Crippen LogP contribution in [0.3, 0.4) is 0 Å². The molecule has 0 spiro atoms. The molecular weight excluding hydrogens is 214 g/mol. The summed E-state index contributed by atoms with van der Waals surface area (Å²) in [5, 5.41) is 10.6. The van der Waals surface area contributed by atoms with Crippen LogP contribution < -0.4 is 0 Å². The van der Waals surface area contributed by atoms with Crippen LogP contribution in [0.1, 0.15) is 37.7 Å². The van der Waals surface area contributed by atoms with Crippen LogP contribution in [0.15, 0.2) is 23.0 Å². The highest BCUT2D eigenvalue weighted by Crippen LogP contribution is 2.36. The van der Waals surface area contributed by atoms with Crippen molar-refractivity contribution >= 4 is 0 Å². The Balaban J connectivity index is 2.09. The molecule has 0 radical (unpaired) electrons. The van der Waals surface area contributed by atoms with Gasteiger partial charge in [0.2, 0.25) is 0 Å². The van der Waals surface area contributed by atoms with E-state index in [4.69, 9.17) is 4.42 Å². The van der Waals surface area contributed by atoms with E-state index in [-0.39, 0.29) is 11.6 Å². The van der Waals surface area contributed by atoms with Gasteiger partial charge in [0.05, 0.1) is 18.6 Å². The molecule has 3 nitrogen and oxygen atoms in total. The molecule has 0 amide bonds. The molecule has 1 aromatic rings. The first-order valence-corrected chi connectivity index (χ1v) is 6.52. The Hall–Kier alpha value is -0.800. The Labute approximate surface area is 103 Å². The van der Waals surface area contributed by atoms with E-state index in [0.29, 0.717) is 6.42 Å². The van der Waals surface area contributed by atoms with E-state index in [0.717, 1.165) is 18.4 Å². The number of furan rings is 1. The molecule has 1 heterocycles. The maximum Gasteiger partial charge on any atom is 0.0935 e. The predicted octanol–water partition coefficient (Wildman–Crippen LogP) is 2.45. The molecule has 2 rings (SSSR count). The molecule has 96 valence electrons. The van der Waals surface area contributed by atoms with Crippen molar-refractivity contribution in [3.63, 3.8) is 0 Å². The Morgan fingerprint density at radius 2 is 2.06 bits per heavy atom. The normalized spacial score (nSPS) is 21.6. The smallest absolute Gasteiger partial charge is 0.0935 e. The van der Waals surface area contributed by atoms with Crippen molar-refractivity contribution in [1.82, 2.24) is 4.90 Å². The zero-order chi connectivity index (χ0) is 12.3. The minimum atomic E-state index is -0.310. The van der Waals surface area contributed by atoms with Crippen LogP contribution in [0, 0.1) is 0 Å². The fourth-order valence-corrected chi connectivity index (χ4v) is 3.06. The average molecular weight is 237 g/mol. The lowest BCUT2D eigenvalue weighted by Gasteiger charge is -2.46. The van der Waals surface area contributed by atoms with Gasteiger partial charge < -0.3 is 14.4 Å². The lowest BCUT2D eigenvalue weighted by molar-refractivity contribution is -0.0310. The topological polar surface area (TPSA) is 36.6 Å². The molecule has 0 bridgehead atoms. The van der Waals surface area contributed by atoms with Gasteiger partial charge in [-0.1, -0.05) is 19.3 Å². The van der Waals surface area contributed by atoms with Crippen molar-refractivity contribution in [1.29, 1.82) is 0 Å². The lowest BCUT2D eigenvalue weighted by Crippen LogP contribution is -2.55. The van der Waals surface area contributed by atoms with Gasteiger partial charge in [-0.3, -0.25) is 0 Å². The van der Waals surface area contributed by atoms with Gasteiger partial charge in [0.15, 0.2) is 0 Å². The molecule has 17 heavy (non-hydrogen) atoms. The van der Waals surface area contributed by atoms with Gasteiger partial charge in [-0.25, -0.2) is 0 Å². The molecule has 1 N–H and O–H groups in total. The molecule has 0 aromatic carbocycles. The van der Waals surface area contributed by atoms with Crippen molar-refractivity contribution in [2.45, 2.75) is 50.2 Å². The van der Waals surface area contributed by atoms with Crippen molar-refractivity contribution in [2.24, 2.45) is 0 Å². The highest BCUT2D eigenvalue weighted by atomic mass is 16.3. The molecule has 3 heteroatoms. The number of aliphatic hydroxyl groups excluding tert-OH is 1. The third-order valence-corrected chi connectivity index (χ3v) is 4.24. The van der Waals surface area contributed by atoms with Crippen LogP contribution in [0.5, 0.6) is 0 Å². The van der Waals surface area contributed by atoms with Gasteiger partial charge in [0.1, 0.15) is 0 Å². The van der Waals surface area contributed by atoms with E-state index < -0.39 is 0 Å². The second-order valence-electron chi connectivity index (χ2n) is 5.41. The van der Waals surface area contributed by atoms with E-state index in [9.17, 15) is 5.11 Å². The Morgan fingerprint density at radius 1 is 1.35 bits per heavy atom. The standard InChI is InChI=1S/C14H23NO2/c1-15(2)14(7-4-3-5-8-14)13(16)10-12-6-9-17-11-12/h6,9,11,13,16H,3-5,7-8,10H2,1-2H3. The number of likely N-dealkylation sites (N-methyl/N-ethyl adjacent to an activating group) is 1. The minimum Gasteiger partial charge on any atom is -0.472 e. The molecule has 1 saturated carbocycles. The number of hydrogen-bond donors (Lipinski definition) is 1. The summed E-state index contributed by atoms with van der Waals surface area (Å²) in [5.41, 5.74) is 1.04. The molecule has 1 fully saturated rings. The van der Waals surface area contributed by atoms with Crippen LogP contribution in [-0.4, -0.2) is 35.7 Å². The van der Waals surface area contributed by atoms with Crippen LogP contribution in [0.2, 0.25) is 0 Å². The summed E-state index contributed by atoms with van der Waals surface area (Å²) < 4.78 is 5.07. The maximum absolute atomic E-state index is 10.6. The Bertz CT molecular complexity index is 326. The van der Waals surface area contributed by atoms with Crippen molar-refractivity contribution < 1.29 is 9.52 Å².